The summed E-state index contributed by atoms with van der Waals surface area (Å²) >= 11 is 0. The predicted octanol–water partition coefficient (Wildman–Crippen LogP) is 3.37. The number of benzene rings is 2. The van der Waals surface area contributed by atoms with Crippen molar-refractivity contribution >= 4 is 5.91 Å². The number of carbonyl (C=O) groups is 1. The Kier molecular flexibility index (Phi) is 4.44. The summed E-state index contributed by atoms with van der Waals surface area (Å²) in [5.74, 6) is 1.70. The van der Waals surface area contributed by atoms with Crippen LogP contribution in [0.25, 0.3) is 17.1 Å². The largest absolute Gasteiger partial charge is 0.496 e. The standard InChI is InChI=1S/C21H21N3O2/c1-26-19-5-3-2-4-18(19)21-22-12-13-24(21)17-10-6-15(7-11-17)14-20(25)23-16-8-9-16/h2-7,10-13,16H,8-9,14H2,1H3,(H,23,25). The van der Waals surface area contributed by atoms with Gasteiger partial charge in [-0.15, -0.1) is 0 Å². The van der Waals surface area contributed by atoms with E-state index in [1.807, 2.05) is 59.3 Å². The molecule has 26 heavy (non-hydrogen) atoms. The second-order valence-electron chi connectivity index (χ2n) is 6.51. The highest BCUT2D eigenvalue weighted by atomic mass is 16.5. The maximum atomic E-state index is 11.9. The molecular weight excluding hydrogens is 326 g/mol. The van der Waals surface area contributed by atoms with E-state index in [9.17, 15) is 4.79 Å². The van der Waals surface area contributed by atoms with Gasteiger partial charge in [0, 0.05) is 24.1 Å². The lowest BCUT2D eigenvalue weighted by Crippen LogP contribution is -2.26. The highest BCUT2D eigenvalue weighted by Crippen LogP contribution is 2.30. The van der Waals surface area contributed by atoms with Crippen LogP contribution in [-0.4, -0.2) is 28.6 Å². The molecule has 2 aromatic carbocycles. The third kappa shape index (κ3) is 3.47. The summed E-state index contributed by atoms with van der Waals surface area (Å²) in [6.07, 6.45) is 6.34. The Balaban J connectivity index is 1.57. The Labute approximate surface area is 152 Å². The van der Waals surface area contributed by atoms with Gasteiger partial charge in [-0.2, -0.15) is 0 Å². The van der Waals surface area contributed by atoms with E-state index < -0.39 is 0 Å². The number of imidazole rings is 1. The number of amides is 1. The van der Waals surface area contributed by atoms with E-state index in [2.05, 4.69) is 10.3 Å². The molecule has 5 nitrogen and oxygen atoms in total. The Morgan fingerprint density at radius 3 is 2.69 bits per heavy atom. The fourth-order valence-electron chi connectivity index (χ4n) is 3.01. The summed E-state index contributed by atoms with van der Waals surface area (Å²) in [6.45, 7) is 0. The highest BCUT2D eigenvalue weighted by molar-refractivity contribution is 5.79. The van der Waals surface area contributed by atoms with Gasteiger partial charge in [0.25, 0.3) is 0 Å². The van der Waals surface area contributed by atoms with Crippen molar-refractivity contribution in [1.82, 2.24) is 14.9 Å². The molecule has 5 heteroatoms. The van der Waals surface area contributed by atoms with Crippen molar-refractivity contribution in [1.29, 1.82) is 0 Å². The molecule has 0 atom stereocenters. The fraction of sp³-hybridized carbons (Fsp3) is 0.238. The number of nitrogens with one attached hydrogen (secondary N) is 1. The molecule has 1 saturated carbocycles. The molecule has 1 aliphatic rings. The van der Waals surface area contributed by atoms with E-state index >= 15 is 0 Å². The highest BCUT2D eigenvalue weighted by Gasteiger charge is 2.23. The van der Waals surface area contributed by atoms with Crippen LogP contribution < -0.4 is 10.1 Å². The third-order valence-electron chi connectivity index (χ3n) is 4.51. The lowest BCUT2D eigenvalue weighted by atomic mass is 10.1. The smallest absolute Gasteiger partial charge is 0.224 e. The van der Waals surface area contributed by atoms with Crippen LogP contribution in [0.3, 0.4) is 0 Å². The number of methoxy groups -OCH3 is 1. The van der Waals surface area contributed by atoms with Crippen LogP contribution in [0, 0.1) is 0 Å². The maximum absolute atomic E-state index is 11.9. The molecular formula is C21H21N3O2. The lowest BCUT2D eigenvalue weighted by Gasteiger charge is -2.12. The second kappa shape index (κ2) is 7.04. The minimum absolute atomic E-state index is 0.0950. The second-order valence-corrected chi connectivity index (χ2v) is 6.51. The molecule has 1 fully saturated rings. The SMILES string of the molecule is COc1ccccc1-c1nccn1-c1ccc(CC(=O)NC2CC2)cc1. The van der Waals surface area contributed by atoms with E-state index in [0.717, 1.165) is 41.2 Å². The molecule has 0 saturated heterocycles. The molecule has 132 valence electrons. The average molecular weight is 347 g/mol. The number of hydrogen-bond donors (Lipinski definition) is 1. The summed E-state index contributed by atoms with van der Waals surface area (Å²) in [7, 11) is 1.66. The van der Waals surface area contributed by atoms with Crippen LogP contribution in [0.4, 0.5) is 0 Å². The zero-order valence-electron chi connectivity index (χ0n) is 14.7. The van der Waals surface area contributed by atoms with Crippen LogP contribution >= 0.6 is 0 Å². The Morgan fingerprint density at radius 1 is 1.19 bits per heavy atom. The van der Waals surface area contributed by atoms with Crippen molar-refractivity contribution in [3.05, 3.63) is 66.5 Å². The summed E-state index contributed by atoms with van der Waals surface area (Å²) < 4.78 is 7.48. The Bertz CT molecular complexity index is 911. The zero-order valence-corrected chi connectivity index (χ0v) is 14.7. The fourth-order valence-corrected chi connectivity index (χ4v) is 3.01. The third-order valence-corrected chi connectivity index (χ3v) is 4.51. The van der Waals surface area contributed by atoms with Crippen LogP contribution in [-0.2, 0) is 11.2 Å². The predicted molar refractivity (Wildman–Crippen MR) is 100 cm³/mol. The number of nitrogens with zero attached hydrogens (tertiary/aromatic N) is 2. The summed E-state index contributed by atoms with van der Waals surface area (Å²) in [5.41, 5.74) is 2.94. The number of aromatic nitrogens is 2. The minimum atomic E-state index is 0.0950. The zero-order chi connectivity index (χ0) is 17.9. The molecule has 1 aliphatic carbocycles. The summed E-state index contributed by atoms with van der Waals surface area (Å²) in [6, 6.07) is 16.2. The number of rotatable bonds is 6. The van der Waals surface area contributed by atoms with E-state index in [0.29, 0.717) is 12.5 Å². The van der Waals surface area contributed by atoms with Gasteiger partial charge in [0.05, 0.1) is 19.1 Å². The summed E-state index contributed by atoms with van der Waals surface area (Å²) in [5, 5.41) is 3.02. The molecule has 0 radical (unpaired) electrons. The number of para-hydroxylation sites is 1. The lowest BCUT2D eigenvalue weighted by molar-refractivity contribution is -0.120. The van der Waals surface area contributed by atoms with Gasteiger partial charge in [0.15, 0.2) is 0 Å². The Morgan fingerprint density at radius 2 is 1.96 bits per heavy atom. The number of ether oxygens (including phenoxy) is 1. The van der Waals surface area contributed by atoms with Gasteiger partial charge in [-0.05, 0) is 42.7 Å². The first kappa shape index (κ1) is 16.4. The topological polar surface area (TPSA) is 56.2 Å². The van der Waals surface area contributed by atoms with Gasteiger partial charge in [0.1, 0.15) is 11.6 Å². The quantitative estimate of drug-likeness (QED) is 0.744. The molecule has 3 aromatic rings. The molecule has 0 spiro atoms. The van der Waals surface area contributed by atoms with Gasteiger partial charge in [0.2, 0.25) is 5.91 Å². The van der Waals surface area contributed by atoms with Crippen LogP contribution in [0.5, 0.6) is 5.75 Å². The number of hydrogen-bond acceptors (Lipinski definition) is 3. The van der Waals surface area contributed by atoms with Gasteiger partial charge < -0.3 is 10.1 Å². The molecule has 0 aliphatic heterocycles. The average Bonchev–Trinajstić information content (AvgIpc) is 3.34. The molecule has 4 rings (SSSR count). The van der Waals surface area contributed by atoms with Crippen molar-refractivity contribution in [3.63, 3.8) is 0 Å². The van der Waals surface area contributed by atoms with E-state index in [4.69, 9.17) is 4.74 Å². The van der Waals surface area contributed by atoms with E-state index in [1.165, 1.54) is 0 Å². The molecule has 1 amide bonds. The molecule has 1 aromatic heterocycles. The van der Waals surface area contributed by atoms with Gasteiger partial charge >= 0.3 is 0 Å². The van der Waals surface area contributed by atoms with Crippen LogP contribution in [0.2, 0.25) is 0 Å². The van der Waals surface area contributed by atoms with Crippen molar-refractivity contribution in [2.24, 2.45) is 0 Å². The minimum Gasteiger partial charge on any atom is -0.496 e. The molecule has 0 unspecified atom stereocenters. The van der Waals surface area contributed by atoms with Crippen LogP contribution in [0.15, 0.2) is 60.9 Å². The molecule has 0 bridgehead atoms. The van der Waals surface area contributed by atoms with Crippen LogP contribution in [0.1, 0.15) is 18.4 Å². The van der Waals surface area contributed by atoms with E-state index in [-0.39, 0.29) is 5.91 Å². The first-order chi connectivity index (χ1) is 12.7. The van der Waals surface area contributed by atoms with Gasteiger partial charge in [-0.25, -0.2) is 4.98 Å². The number of carbonyl (C=O) groups excluding carboxylic acids is 1. The Hall–Kier alpha value is -3.08. The van der Waals surface area contributed by atoms with E-state index in [1.54, 1.807) is 13.3 Å². The van der Waals surface area contributed by atoms with Crippen molar-refractivity contribution in [2.45, 2.75) is 25.3 Å². The van der Waals surface area contributed by atoms with Gasteiger partial charge in [-0.1, -0.05) is 24.3 Å². The first-order valence-electron chi connectivity index (χ1n) is 8.80. The summed E-state index contributed by atoms with van der Waals surface area (Å²) in [4.78, 5) is 16.4. The molecule has 1 heterocycles. The first-order valence-corrected chi connectivity index (χ1v) is 8.80. The molecule has 1 N–H and O–H groups in total. The van der Waals surface area contributed by atoms with Gasteiger partial charge in [-0.3, -0.25) is 9.36 Å². The van der Waals surface area contributed by atoms with Crippen molar-refractivity contribution in [2.75, 3.05) is 7.11 Å². The maximum Gasteiger partial charge on any atom is 0.224 e. The monoisotopic (exact) mass is 347 g/mol. The van der Waals surface area contributed by atoms with Crippen molar-refractivity contribution in [3.8, 4) is 22.8 Å². The normalized spacial score (nSPS) is 13.4. The van der Waals surface area contributed by atoms with Crippen molar-refractivity contribution < 1.29 is 9.53 Å².